The highest BCUT2D eigenvalue weighted by Gasteiger charge is 2.19. The highest BCUT2D eigenvalue weighted by Crippen LogP contribution is 2.12. The lowest BCUT2D eigenvalue weighted by Crippen LogP contribution is -2.36. The average Bonchev–Trinajstić information content (AvgIpc) is 2.94. The first-order valence-electron chi connectivity index (χ1n) is 8.55. The minimum atomic E-state index is -0.239. The van der Waals surface area contributed by atoms with Gasteiger partial charge >= 0.3 is 0 Å². The van der Waals surface area contributed by atoms with Gasteiger partial charge in [-0.3, -0.25) is 9.59 Å². The van der Waals surface area contributed by atoms with Crippen molar-refractivity contribution in [2.45, 2.75) is 51.6 Å². The molecule has 0 aromatic carbocycles. The average molecular weight is 337 g/mol. The van der Waals surface area contributed by atoms with E-state index in [9.17, 15) is 9.59 Å². The van der Waals surface area contributed by atoms with Gasteiger partial charge in [0, 0.05) is 39.6 Å². The summed E-state index contributed by atoms with van der Waals surface area (Å²) < 4.78 is 6.92. The normalized spacial score (nSPS) is 16.8. The first-order valence-corrected chi connectivity index (χ1v) is 8.55. The van der Waals surface area contributed by atoms with Gasteiger partial charge in [0.05, 0.1) is 12.6 Å². The molecule has 1 unspecified atom stereocenters. The third kappa shape index (κ3) is 5.30. The molecule has 1 aromatic heterocycles. The summed E-state index contributed by atoms with van der Waals surface area (Å²) in [4.78, 5) is 25.9. The van der Waals surface area contributed by atoms with Crippen molar-refractivity contribution in [2.75, 3.05) is 26.8 Å². The van der Waals surface area contributed by atoms with Crippen LogP contribution >= 0.6 is 0 Å². The third-order valence-corrected chi connectivity index (χ3v) is 4.23. The summed E-state index contributed by atoms with van der Waals surface area (Å²) in [6.07, 6.45) is 5.60. The maximum Gasteiger partial charge on any atom is 0.222 e. The van der Waals surface area contributed by atoms with Gasteiger partial charge in [-0.05, 0) is 19.8 Å². The number of carbonyl (C=O) groups is 2. The van der Waals surface area contributed by atoms with Crippen LogP contribution in [0.15, 0.2) is 6.33 Å². The monoisotopic (exact) mass is 337 g/mol. The Hall–Kier alpha value is -1.96. The fourth-order valence-corrected chi connectivity index (χ4v) is 2.85. The van der Waals surface area contributed by atoms with Crippen molar-refractivity contribution < 1.29 is 14.3 Å². The molecule has 1 aliphatic heterocycles. The van der Waals surface area contributed by atoms with Gasteiger partial charge in [0.1, 0.15) is 6.33 Å². The number of amides is 2. The molecule has 134 valence electrons. The Balaban J connectivity index is 1.81. The van der Waals surface area contributed by atoms with E-state index in [1.165, 1.54) is 0 Å². The molecule has 1 saturated heterocycles. The molecule has 0 bridgehead atoms. The lowest BCUT2D eigenvalue weighted by molar-refractivity contribution is -0.131. The highest BCUT2D eigenvalue weighted by molar-refractivity contribution is 5.79. The number of nitrogens with one attached hydrogen (secondary N) is 1. The molecule has 2 amide bonds. The van der Waals surface area contributed by atoms with Gasteiger partial charge in [-0.1, -0.05) is 6.42 Å². The van der Waals surface area contributed by atoms with Gasteiger partial charge in [0.2, 0.25) is 11.8 Å². The van der Waals surface area contributed by atoms with E-state index in [4.69, 9.17) is 4.74 Å². The van der Waals surface area contributed by atoms with Crippen molar-refractivity contribution >= 4 is 11.8 Å². The fourth-order valence-electron chi connectivity index (χ4n) is 2.85. The molecule has 2 rings (SSSR count). The zero-order valence-electron chi connectivity index (χ0n) is 14.5. The lowest BCUT2D eigenvalue weighted by Gasteiger charge is -2.21. The smallest absolute Gasteiger partial charge is 0.222 e. The van der Waals surface area contributed by atoms with Crippen LogP contribution in [-0.4, -0.2) is 58.3 Å². The van der Waals surface area contributed by atoms with E-state index in [-0.39, 0.29) is 17.9 Å². The van der Waals surface area contributed by atoms with E-state index in [0.717, 1.165) is 25.8 Å². The highest BCUT2D eigenvalue weighted by atomic mass is 16.5. The molecular formula is C16H27N5O3. The Bertz CT molecular complexity index is 546. The van der Waals surface area contributed by atoms with Crippen LogP contribution in [0.4, 0.5) is 0 Å². The first-order chi connectivity index (χ1) is 11.6. The van der Waals surface area contributed by atoms with Crippen LogP contribution in [0, 0.1) is 0 Å². The first kappa shape index (κ1) is 18.4. The van der Waals surface area contributed by atoms with Crippen LogP contribution in [0.3, 0.4) is 0 Å². The summed E-state index contributed by atoms with van der Waals surface area (Å²) in [5.74, 6) is 0.778. The Morgan fingerprint density at radius 3 is 3.00 bits per heavy atom. The van der Waals surface area contributed by atoms with Crippen LogP contribution in [0.5, 0.6) is 0 Å². The Kier molecular flexibility index (Phi) is 7.17. The van der Waals surface area contributed by atoms with Gasteiger partial charge in [-0.25, -0.2) is 0 Å². The molecule has 0 saturated carbocycles. The van der Waals surface area contributed by atoms with E-state index < -0.39 is 0 Å². The summed E-state index contributed by atoms with van der Waals surface area (Å²) in [5, 5.41) is 10.9. The van der Waals surface area contributed by atoms with E-state index in [1.54, 1.807) is 18.3 Å². The second-order valence-electron chi connectivity index (χ2n) is 6.11. The van der Waals surface area contributed by atoms with Gasteiger partial charge < -0.3 is 19.5 Å². The van der Waals surface area contributed by atoms with Crippen LogP contribution in [0.2, 0.25) is 0 Å². The lowest BCUT2D eigenvalue weighted by atomic mass is 10.2. The Morgan fingerprint density at radius 2 is 2.21 bits per heavy atom. The maximum absolute atomic E-state index is 12.2. The van der Waals surface area contributed by atoms with Gasteiger partial charge in [-0.15, -0.1) is 10.2 Å². The zero-order chi connectivity index (χ0) is 17.4. The number of methoxy groups -OCH3 is 1. The number of aromatic nitrogens is 3. The van der Waals surface area contributed by atoms with Crippen molar-refractivity contribution in [3.63, 3.8) is 0 Å². The van der Waals surface area contributed by atoms with Crippen LogP contribution in [-0.2, 0) is 20.9 Å². The number of nitrogens with zero attached hydrogens (tertiary/aromatic N) is 4. The molecule has 1 aliphatic rings. The molecule has 24 heavy (non-hydrogen) atoms. The molecule has 1 aromatic rings. The minimum absolute atomic E-state index is 0.0826. The molecule has 8 heteroatoms. The van der Waals surface area contributed by atoms with Crippen LogP contribution < -0.4 is 5.32 Å². The summed E-state index contributed by atoms with van der Waals surface area (Å²) >= 11 is 0. The predicted molar refractivity (Wildman–Crippen MR) is 88.1 cm³/mol. The van der Waals surface area contributed by atoms with Crippen molar-refractivity contribution in [1.29, 1.82) is 0 Å². The number of likely N-dealkylation sites (tertiary alicyclic amines) is 1. The largest absolute Gasteiger partial charge is 0.383 e. The molecule has 0 spiro atoms. The van der Waals surface area contributed by atoms with Gasteiger partial charge in [-0.2, -0.15) is 0 Å². The number of hydrogen-bond acceptors (Lipinski definition) is 5. The maximum atomic E-state index is 12.2. The molecule has 8 nitrogen and oxygen atoms in total. The molecule has 2 heterocycles. The van der Waals surface area contributed by atoms with Crippen molar-refractivity contribution in [1.82, 2.24) is 25.0 Å². The second kappa shape index (κ2) is 9.36. The number of hydrogen-bond donors (Lipinski definition) is 1. The Labute approximate surface area is 142 Å². The third-order valence-electron chi connectivity index (χ3n) is 4.23. The van der Waals surface area contributed by atoms with E-state index in [1.807, 2.05) is 11.5 Å². The standard InChI is InChI=1S/C16H27N5O3/c1-13(16-19-17-12-21(16)10-11-24-2)18-14(22)7-9-20-8-5-3-4-6-15(20)23/h12-13H,3-11H2,1-2H3,(H,18,22). The van der Waals surface area contributed by atoms with Crippen LogP contribution in [0.1, 0.15) is 50.9 Å². The summed E-state index contributed by atoms with van der Waals surface area (Å²) in [6, 6.07) is -0.239. The molecule has 1 N–H and O–H groups in total. The SMILES string of the molecule is COCCn1cnnc1C(C)NC(=O)CCN1CCCCCC1=O. The van der Waals surface area contributed by atoms with Gasteiger partial charge in [0.15, 0.2) is 5.82 Å². The minimum Gasteiger partial charge on any atom is -0.383 e. The molecule has 0 aliphatic carbocycles. The number of ether oxygens (including phenoxy) is 1. The van der Waals surface area contributed by atoms with E-state index >= 15 is 0 Å². The fraction of sp³-hybridized carbons (Fsp3) is 0.750. The topological polar surface area (TPSA) is 89.3 Å². The van der Waals surface area contributed by atoms with Crippen molar-refractivity contribution in [3.05, 3.63) is 12.2 Å². The number of carbonyl (C=O) groups excluding carboxylic acids is 2. The number of rotatable bonds is 8. The summed E-state index contributed by atoms with van der Waals surface area (Å²) in [5.41, 5.74) is 0. The second-order valence-corrected chi connectivity index (χ2v) is 6.11. The summed E-state index contributed by atoms with van der Waals surface area (Å²) in [6.45, 7) is 4.31. The molecule has 1 fully saturated rings. The van der Waals surface area contributed by atoms with Gasteiger partial charge in [0.25, 0.3) is 0 Å². The van der Waals surface area contributed by atoms with E-state index in [0.29, 0.717) is 38.4 Å². The molecule has 1 atom stereocenters. The van der Waals surface area contributed by atoms with Crippen molar-refractivity contribution in [3.8, 4) is 0 Å². The molecular weight excluding hydrogens is 310 g/mol. The Morgan fingerprint density at radius 1 is 1.38 bits per heavy atom. The summed E-state index contributed by atoms with van der Waals surface area (Å²) in [7, 11) is 1.64. The zero-order valence-corrected chi connectivity index (χ0v) is 14.5. The van der Waals surface area contributed by atoms with E-state index in [2.05, 4.69) is 15.5 Å². The molecule has 0 radical (unpaired) electrons. The quantitative estimate of drug-likeness (QED) is 0.761. The van der Waals surface area contributed by atoms with Crippen molar-refractivity contribution in [2.24, 2.45) is 0 Å². The predicted octanol–water partition coefficient (Wildman–Crippen LogP) is 0.894. The van der Waals surface area contributed by atoms with Crippen LogP contribution in [0.25, 0.3) is 0 Å².